The highest BCUT2D eigenvalue weighted by molar-refractivity contribution is 5.86. The summed E-state index contributed by atoms with van der Waals surface area (Å²) in [6.07, 6.45) is 4.23. The molecule has 0 aliphatic carbocycles. The number of carboxylic acids is 1. The summed E-state index contributed by atoms with van der Waals surface area (Å²) in [7, 11) is 1.55. The summed E-state index contributed by atoms with van der Waals surface area (Å²) in [6, 6.07) is 3.36. The van der Waals surface area contributed by atoms with E-state index in [1.165, 1.54) is 17.1 Å². The standard InChI is InChI=1S/C10H9N3O3/c1-16-8-2-3-11-9(4-8)13-6-7(5-12-13)10(14)15/h2-6H,1H3,(H,14,15). The summed E-state index contributed by atoms with van der Waals surface area (Å²) in [6.45, 7) is 0. The summed E-state index contributed by atoms with van der Waals surface area (Å²) in [5.74, 6) is 0.123. The van der Waals surface area contributed by atoms with E-state index in [9.17, 15) is 4.79 Å². The van der Waals surface area contributed by atoms with Crippen LogP contribution < -0.4 is 4.74 Å². The number of hydrogen-bond donors (Lipinski definition) is 1. The van der Waals surface area contributed by atoms with Crippen LogP contribution in [0, 0.1) is 0 Å². The van der Waals surface area contributed by atoms with Crippen LogP contribution in [-0.4, -0.2) is 33.0 Å². The zero-order valence-electron chi connectivity index (χ0n) is 8.49. The van der Waals surface area contributed by atoms with Gasteiger partial charge in [0.05, 0.1) is 18.9 Å². The third-order valence-electron chi connectivity index (χ3n) is 2.02. The maximum atomic E-state index is 10.7. The van der Waals surface area contributed by atoms with Crippen LogP contribution in [0.25, 0.3) is 5.82 Å². The van der Waals surface area contributed by atoms with Gasteiger partial charge in [-0.05, 0) is 6.07 Å². The van der Waals surface area contributed by atoms with Gasteiger partial charge in [0.1, 0.15) is 5.75 Å². The van der Waals surface area contributed by atoms with E-state index >= 15 is 0 Å². The molecule has 16 heavy (non-hydrogen) atoms. The highest BCUT2D eigenvalue weighted by atomic mass is 16.5. The Hall–Kier alpha value is -2.37. The molecule has 2 rings (SSSR count). The van der Waals surface area contributed by atoms with Gasteiger partial charge in [-0.1, -0.05) is 0 Å². The van der Waals surface area contributed by atoms with Crippen molar-refractivity contribution in [2.24, 2.45) is 0 Å². The lowest BCUT2D eigenvalue weighted by molar-refractivity contribution is 0.0697. The normalized spacial score (nSPS) is 10.1. The number of carbonyl (C=O) groups is 1. The third kappa shape index (κ3) is 1.85. The van der Waals surface area contributed by atoms with Crippen molar-refractivity contribution >= 4 is 5.97 Å². The van der Waals surface area contributed by atoms with Crippen LogP contribution in [0.3, 0.4) is 0 Å². The number of hydrogen-bond acceptors (Lipinski definition) is 4. The summed E-state index contributed by atoms with van der Waals surface area (Å²) in [4.78, 5) is 14.7. The minimum Gasteiger partial charge on any atom is -0.497 e. The van der Waals surface area contributed by atoms with Crippen molar-refractivity contribution in [2.45, 2.75) is 0 Å². The number of aromatic carboxylic acids is 1. The zero-order chi connectivity index (χ0) is 11.5. The van der Waals surface area contributed by atoms with E-state index in [-0.39, 0.29) is 5.56 Å². The molecule has 0 amide bonds. The molecular weight excluding hydrogens is 210 g/mol. The van der Waals surface area contributed by atoms with E-state index in [0.717, 1.165) is 0 Å². The third-order valence-corrected chi connectivity index (χ3v) is 2.02. The number of methoxy groups -OCH3 is 1. The number of nitrogens with zero attached hydrogens (tertiary/aromatic N) is 3. The van der Waals surface area contributed by atoms with Gasteiger partial charge < -0.3 is 9.84 Å². The first-order chi connectivity index (χ1) is 7.70. The highest BCUT2D eigenvalue weighted by Gasteiger charge is 2.08. The minimum atomic E-state index is -1.02. The lowest BCUT2D eigenvalue weighted by atomic mass is 10.4. The Bertz CT molecular complexity index is 522. The van der Waals surface area contributed by atoms with Crippen molar-refractivity contribution in [3.63, 3.8) is 0 Å². The number of ether oxygens (including phenoxy) is 1. The van der Waals surface area contributed by atoms with Crippen molar-refractivity contribution in [1.82, 2.24) is 14.8 Å². The van der Waals surface area contributed by atoms with Crippen molar-refractivity contribution in [1.29, 1.82) is 0 Å². The fourth-order valence-electron chi connectivity index (χ4n) is 1.21. The predicted molar refractivity (Wildman–Crippen MR) is 54.9 cm³/mol. The fraction of sp³-hybridized carbons (Fsp3) is 0.100. The van der Waals surface area contributed by atoms with Crippen molar-refractivity contribution in [3.8, 4) is 11.6 Å². The molecule has 0 radical (unpaired) electrons. The second-order valence-electron chi connectivity index (χ2n) is 3.03. The summed E-state index contributed by atoms with van der Waals surface area (Å²) in [5, 5.41) is 12.6. The molecule has 0 bridgehead atoms. The van der Waals surface area contributed by atoms with Crippen LogP contribution in [0.4, 0.5) is 0 Å². The molecule has 0 aliphatic rings. The summed E-state index contributed by atoms with van der Waals surface area (Å²) >= 11 is 0. The molecule has 0 fully saturated rings. The Labute approximate surface area is 91.1 Å². The number of carboxylic acid groups (broad SMARTS) is 1. The van der Waals surface area contributed by atoms with Gasteiger partial charge in [-0.3, -0.25) is 0 Å². The molecule has 0 saturated heterocycles. The van der Waals surface area contributed by atoms with Crippen LogP contribution in [0.2, 0.25) is 0 Å². The van der Waals surface area contributed by atoms with E-state index in [4.69, 9.17) is 9.84 Å². The van der Waals surface area contributed by atoms with Crippen LogP contribution in [0.5, 0.6) is 5.75 Å². The minimum absolute atomic E-state index is 0.115. The average Bonchev–Trinajstić information content (AvgIpc) is 2.78. The Morgan fingerprint density at radius 3 is 3.00 bits per heavy atom. The lowest BCUT2D eigenvalue weighted by Gasteiger charge is -2.02. The lowest BCUT2D eigenvalue weighted by Crippen LogP contribution is -1.98. The topological polar surface area (TPSA) is 77.2 Å². The first kappa shape index (κ1) is 10.2. The second kappa shape index (κ2) is 4.01. The molecule has 0 spiro atoms. The molecule has 6 heteroatoms. The zero-order valence-corrected chi connectivity index (χ0v) is 8.49. The molecule has 0 aromatic carbocycles. The van der Waals surface area contributed by atoms with Gasteiger partial charge >= 0.3 is 5.97 Å². The number of aromatic nitrogens is 3. The molecule has 6 nitrogen and oxygen atoms in total. The fourth-order valence-corrected chi connectivity index (χ4v) is 1.21. The number of rotatable bonds is 3. The van der Waals surface area contributed by atoms with Crippen LogP contribution in [0.1, 0.15) is 10.4 Å². The van der Waals surface area contributed by atoms with Gasteiger partial charge in [0.2, 0.25) is 0 Å². The molecule has 0 atom stereocenters. The Morgan fingerprint density at radius 2 is 2.38 bits per heavy atom. The Kier molecular flexibility index (Phi) is 2.55. The van der Waals surface area contributed by atoms with E-state index in [0.29, 0.717) is 11.6 Å². The molecule has 0 aliphatic heterocycles. The van der Waals surface area contributed by atoms with Gasteiger partial charge in [-0.2, -0.15) is 5.10 Å². The molecule has 0 saturated carbocycles. The van der Waals surface area contributed by atoms with E-state index in [2.05, 4.69) is 10.1 Å². The highest BCUT2D eigenvalue weighted by Crippen LogP contribution is 2.13. The Morgan fingerprint density at radius 1 is 1.56 bits per heavy atom. The maximum absolute atomic E-state index is 10.7. The van der Waals surface area contributed by atoms with Crippen molar-refractivity contribution in [2.75, 3.05) is 7.11 Å². The first-order valence-electron chi connectivity index (χ1n) is 4.49. The van der Waals surface area contributed by atoms with Gasteiger partial charge in [0.25, 0.3) is 0 Å². The molecule has 2 aromatic rings. The molecular formula is C10H9N3O3. The molecule has 0 unspecified atom stereocenters. The van der Waals surface area contributed by atoms with Gasteiger partial charge in [-0.25, -0.2) is 14.5 Å². The van der Waals surface area contributed by atoms with Crippen molar-refractivity contribution < 1.29 is 14.6 Å². The van der Waals surface area contributed by atoms with Gasteiger partial charge in [0, 0.05) is 18.5 Å². The van der Waals surface area contributed by atoms with E-state index < -0.39 is 5.97 Å². The Balaban J connectivity index is 2.38. The SMILES string of the molecule is COc1ccnc(-n2cc(C(=O)O)cn2)c1. The maximum Gasteiger partial charge on any atom is 0.338 e. The van der Waals surface area contributed by atoms with Gasteiger partial charge in [0.15, 0.2) is 5.82 Å². The average molecular weight is 219 g/mol. The quantitative estimate of drug-likeness (QED) is 0.832. The molecule has 2 heterocycles. The first-order valence-corrected chi connectivity index (χ1v) is 4.49. The van der Waals surface area contributed by atoms with Gasteiger partial charge in [-0.15, -0.1) is 0 Å². The van der Waals surface area contributed by atoms with Crippen molar-refractivity contribution in [3.05, 3.63) is 36.3 Å². The smallest absolute Gasteiger partial charge is 0.338 e. The van der Waals surface area contributed by atoms with E-state index in [1.807, 2.05) is 0 Å². The molecule has 1 N–H and O–H groups in total. The monoisotopic (exact) mass is 219 g/mol. The summed E-state index contributed by atoms with van der Waals surface area (Å²) in [5.41, 5.74) is 0.115. The van der Waals surface area contributed by atoms with E-state index in [1.54, 1.807) is 25.4 Å². The summed E-state index contributed by atoms with van der Waals surface area (Å²) < 4.78 is 6.41. The van der Waals surface area contributed by atoms with Crippen LogP contribution in [0.15, 0.2) is 30.7 Å². The van der Waals surface area contributed by atoms with Crippen LogP contribution >= 0.6 is 0 Å². The number of pyridine rings is 1. The van der Waals surface area contributed by atoms with Crippen LogP contribution in [-0.2, 0) is 0 Å². The largest absolute Gasteiger partial charge is 0.497 e. The molecule has 82 valence electrons. The second-order valence-corrected chi connectivity index (χ2v) is 3.03. The predicted octanol–water partition coefficient (Wildman–Crippen LogP) is 0.974. The molecule has 2 aromatic heterocycles.